The zero-order valence-corrected chi connectivity index (χ0v) is 22.5. The first-order valence-corrected chi connectivity index (χ1v) is 16.2. The van der Waals surface area contributed by atoms with Gasteiger partial charge in [0.2, 0.25) is 0 Å². The van der Waals surface area contributed by atoms with Gasteiger partial charge in [-0.2, -0.15) is 0 Å². The Morgan fingerprint density at radius 3 is 1.63 bits per heavy atom. The van der Waals surface area contributed by atoms with Crippen LogP contribution >= 0.6 is 0 Å². The van der Waals surface area contributed by atoms with Crippen molar-refractivity contribution >= 4 is 31.6 Å². The van der Waals surface area contributed by atoms with E-state index in [1.165, 1.54) is 17.5 Å². The van der Waals surface area contributed by atoms with Crippen LogP contribution in [0.2, 0.25) is 0 Å². The topological polar surface area (TPSA) is 3.24 Å². The summed E-state index contributed by atoms with van der Waals surface area (Å²) in [5, 5.41) is 0. The number of nitrogens with zero attached hydrogens (tertiary/aromatic N) is 1. The Labute approximate surface area is 190 Å². The van der Waals surface area contributed by atoms with Crippen LogP contribution in [0.25, 0.3) is 0 Å². The molecule has 4 rings (SSSR count). The van der Waals surface area contributed by atoms with E-state index in [2.05, 4.69) is 118 Å². The zero-order chi connectivity index (χ0) is 21.4. The molecule has 0 saturated heterocycles. The van der Waals surface area contributed by atoms with E-state index in [0.29, 0.717) is 5.41 Å². The van der Waals surface area contributed by atoms with Gasteiger partial charge in [-0.1, -0.05) is 0 Å². The van der Waals surface area contributed by atoms with Gasteiger partial charge in [-0.25, -0.2) is 0 Å². The molecule has 0 spiro atoms. The minimum absolute atomic E-state index is 0.132. The van der Waals surface area contributed by atoms with Gasteiger partial charge in [-0.3, -0.25) is 0 Å². The summed E-state index contributed by atoms with van der Waals surface area (Å²) in [6.07, 6.45) is 1.18. The van der Waals surface area contributed by atoms with E-state index in [4.69, 9.17) is 0 Å². The van der Waals surface area contributed by atoms with Crippen LogP contribution in [0.15, 0.2) is 78.9 Å². The van der Waals surface area contributed by atoms with Crippen LogP contribution < -0.4 is 9.81 Å². The second kappa shape index (κ2) is 8.56. The van der Waals surface area contributed by atoms with E-state index in [1.807, 2.05) is 0 Å². The van der Waals surface area contributed by atoms with Gasteiger partial charge in [0.1, 0.15) is 0 Å². The molecule has 0 fully saturated rings. The van der Waals surface area contributed by atoms with Crippen molar-refractivity contribution in [1.82, 2.24) is 4.90 Å². The van der Waals surface area contributed by atoms with Gasteiger partial charge in [0.25, 0.3) is 0 Å². The molecular weight excluding hydrogens is 559 g/mol. The minimum atomic E-state index is -2.34. The molecule has 156 valence electrons. The van der Waals surface area contributed by atoms with Crippen LogP contribution in [0, 0.1) is 5.41 Å². The van der Waals surface area contributed by atoms with Crippen molar-refractivity contribution < 1.29 is 0 Å². The fourth-order valence-electron chi connectivity index (χ4n) is 5.02. The predicted octanol–water partition coefficient (Wildman–Crippen LogP) is 4.73. The second-order valence-electron chi connectivity index (χ2n) is 10.3. The first-order valence-electron chi connectivity index (χ1n) is 11.0. The number of fused-ring (bicyclic) bond motifs is 2. The van der Waals surface area contributed by atoms with Gasteiger partial charge in [0.15, 0.2) is 0 Å². The molecule has 0 N–H and O–H groups in total. The van der Waals surface area contributed by atoms with Gasteiger partial charge < -0.3 is 0 Å². The molecule has 30 heavy (non-hydrogen) atoms. The molecule has 1 heterocycles. The summed E-state index contributed by atoms with van der Waals surface area (Å²) < 4.78 is 4.86. The van der Waals surface area contributed by atoms with Crippen LogP contribution in [-0.2, 0) is 13.1 Å². The van der Waals surface area contributed by atoms with E-state index in [1.54, 1.807) is 9.81 Å². The quantitative estimate of drug-likeness (QED) is 0.397. The summed E-state index contributed by atoms with van der Waals surface area (Å²) in [6.45, 7) is 14.0. The van der Waals surface area contributed by atoms with Crippen molar-refractivity contribution in [2.45, 2.75) is 59.7 Å². The summed E-state index contributed by atoms with van der Waals surface area (Å²) in [7, 11) is 0. The van der Waals surface area contributed by atoms with Crippen molar-refractivity contribution in [2.24, 2.45) is 5.41 Å². The Kier molecular flexibility index (Phi) is 6.20. The SMILES string of the molecule is CC(C)(C)CC(C)(C)N1Cc2cccc[c]2[Bi]([c]2ccccc2)[c]2ccccc2C1. The van der Waals surface area contributed by atoms with Crippen LogP contribution in [0.4, 0.5) is 0 Å². The predicted molar refractivity (Wildman–Crippen MR) is 131 cm³/mol. The number of hydrogen-bond donors (Lipinski definition) is 0. The third kappa shape index (κ3) is 4.71. The molecule has 0 atom stereocenters. The zero-order valence-electron chi connectivity index (χ0n) is 19.0. The molecular formula is C28H34BiN. The second-order valence-corrected chi connectivity index (χ2v) is 18.7. The summed E-state index contributed by atoms with van der Waals surface area (Å²) >= 11 is -2.34. The van der Waals surface area contributed by atoms with Crippen LogP contribution in [-0.4, -0.2) is 32.2 Å². The Morgan fingerprint density at radius 1 is 0.667 bits per heavy atom. The van der Waals surface area contributed by atoms with Gasteiger partial charge >= 0.3 is 192 Å². The summed E-state index contributed by atoms with van der Waals surface area (Å²) in [6, 6.07) is 29.9. The van der Waals surface area contributed by atoms with Crippen molar-refractivity contribution in [2.75, 3.05) is 0 Å². The monoisotopic (exact) mass is 593 g/mol. The van der Waals surface area contributed by atoms with Crippen molar-refractivity contribution in [3.8, 4) is 0 Å². The Balaban J connectivity index is 1.87. The van der Waals surface area contributed by atoms with Gasteiger partial charge in [-0.05, 0) is 0 Å². The Hall–Kier alpha value is -1.50. The molecule has 0 radical (unpaired) electrons. The molecule has 1 aliphatic heterocycles. The average molecular weight is 594 g/mol. The standard InChI is InChI=1S/C22H29N.C6H5.Bi/c1-21(2,3)18-22(4,5)23(16-19-12-8-6-9-13-19)17-20-14-10-7-11-15-20;1-2-4-6-5-3-1;/h6-12,14H,16-18H2,1-5H3;1-5H;. The Bertz CT molecular complexity index is 951. The van der Waals surface area contributed by atoms with Crippen molar-refractivity contribution in [3.63, 3.8) is 0 Å². The molecule has 0 saturated carbocycles. The summed E-state index contributed by atoms with van der Waals surface area (Å²) in [4.78, 5) is 2.72. The summed E-state index contributed by atoms with van der Waals surface area (Å²) in [5.74, 6) is 0. The first-order chi connectivity index (χ1) is 14.2. The van der Waals surface area contributed by atoms with Crippen LogP contribution in [0.5, 0.6) is 0 Å². The van der Waals surface area contributed by atoms with E-state index in [0.717, 1.165) is 13.1 Å². The number of hydrogen-bond acceptors (Lipinski definition) is 1. The fourth-order valence-corrected chi connectivity index (χ4v) is 15.2. The maximum absolute atomic E-state index is 2.72. The van der Waals surface area contributed by atoms with Gasteiger partial charge in [0.05, 0.1) is 0 Å². The molecule has 2 heteroatoms. The molecule has 0 bridgehead atoms. The molecule has 1 aliphatic rings. The number of rotatable bonds is 3. The average Bonchev–Trinajstić information content (AvgIpc) is 2.67. The molecule has 1 nitrogen and oxygen atoms in total. The molecule has 3 aromatic rings. The van der Waals surface area contributed by atoms with Crippen molar-refractivity contribution in [3.05, 3.63) is 90.0 Å². The van der Waals surface area contributed by atoms with E-state index in [-0.39, 0.29) is 5.54 Å². The molecule has 0 unspecified atom stereocenters. The van der Waals surface area contributed by atoms with Crippen LogP contribution in [0.3, 0.4) is 0 Å². The number of benzene rings is 3. The maximum atomic E-state index is 2.72. The third-order valence-electron chi connectivity index (χ3n) is 6.02. The first kappa shape index (κ1) is 21.7. The van der Waals surface area contributed by atoms with E-state index in [9.17, 15) is 0 Å². The molecule has 0 aliphatic carbocycles. The van der Waals surface area contributed by atoms with Gasteiger partial charge in [0, 0.05) is 0 Å². The molecule has 0 amide bonds. The van der Waals surface area contributed by atoms with E-state index < -0.39 is 21.8 Å². The molecule has 0 aromatic heterocycles. The fraction of sp³-hybridized carbons (Fsp3) is 0.357. The van der Waals surface area contributed by atoms with Gasteiger partial charge in [-0.15, -0.1) is 0 Å². The normalized spacial score (nSPS) is 15.8. The molecule has 3 aromatic carbocycles. The Morgan fingerprint density at radius 2 is 1.13 bits per heavy atom. The third-order valence-corrected chi connectivity index (χ3v) is 16.3. The summed E-state index contributed by atoms with van der Waals surface area (Å²) in [5.41, 5.74) is 3.51. The van der Waals surface area contributed by atoms with Crippen LogP contribution in [0.1, 0.15) is 52.2 Å². The van der Waals surface area contributed by atoms with E-state index >= 15 is 0 Å². The van der Waals surface area contributed by atoms with Crippen molar-refractivity contribution in [1.29, 1.82) is 0 Å².